The molecule has 0 unspecified atom stereocenters. The third kappa shape index (κ3) is 6.25. The summed E-state index contributed by atoms with van der Waals surface area (Å²) in [6.07, 6.45) is 7.09. The second kappa shape index (κ2) is 12.7. The van der Waals surface area contributed by atoms with Crippen molar-refractivity contribution in [3.63, 3.8) is 0 Å². The van der Waals surface area contributed by atoms with Crippen molar-refractivity contribution in [3.8, 4) is 0 Å². The van der Waals surface area contributed by atoms with Gasteiger partial charge in [-0.25, -0.2) is 0 Å². The molecule has 0 radical (unpaired) electrons. The number of rotatable bonds is 13. The summed E-state index contributed by atoms with van der Waals surface area (Å²) in [5, 5.41) is 8.82. The van der Waals surface area contributed by atoms with Crippen LogP contribution in [0, 0.1) is 0 Å². The van der Waals surface area contributed by atoms with Gasteiger partial charge in [-0.05, 0) is 48.4 Å². The molecular formula is C29H32O3. The van der Waals surface area contributed by atoms with Crippen LogP contribution >= 0.6 is 0 Å². The van der Waals surface area contributed by atoms with Gasteiger partial charge in [-0.15, -0.1) is 0 Å². The summed E-state index contributed by atoms with van der Waals surface area (Å²) in [7, 11) is 0. The summed E-state index contributed by atoms with van der Waals surface area (Å²) in [4.78, 5) is 11.9. The van der Waals surface area contributed by atoms with Gasteiger partial charge in [0.15, 0.2) is 5.78 Å². The van der Waals surface area contributed by atoms with E-state index in [1.54, 1.807) is 6.08 Å². The molecular weight excluding hydrogens is 396 g/mol. The van der Waals surface area contributed by atoms with Gasteiger partial charge in [0, 0.05) is 19.6 Å². The van der Waals surface area contributed by atoms with Gasteiger partial charge in [0.05, 0.1) is 0 Å². The lowest BCUT2D eigenvalue weighted by Gasteiger charge is -2.36. The number of unbranched alkanes of at least 4 members (excludes halogenated alkanes) is 2. The van der Waals surface area contributed by atoms with E-state index in [1.807, 2.05) is 60.7 Å². The number of aliphatic hydroxyl groups excluding tert-OH is 1. The van der Waals surface area contributed by atoms with Crippen LogP contribution in [0.3, 0.4) is 0 Å². The lowest BCUT2D eigenvalue weighted by atomic mass is 9.80. The van der Waals surface area contributed by atoms with Crippen LogP contribution < -0.4 is 0 Å². The largest absolute Gasteiger partial charge is 0.396 e. The molecule has 0 heterocycles. The first-order chi connectivity index (χ1) is 15.8. The van der Waals surface area contributed by atoms with Crippen LogP contribution in [0.15, 0.2) is 103 Å². The second-order valence-electron chi connectivity index (χ2n) is 7.82. The zero-order valence-corrected chi connectivity index (χ0v) is 18.5. The molecule has 1 N–H and O–H groups in total. The van der Waals surface area contributed by atoms with E-state index < -0.39 is 5.60 Å². The van der Waals surface area contributed by atoms with E-state index in [4.69, 9.17) is 9.84 Å². The van der Waals surface area contributed by atoms with Crippen molar-refractivity contribution in [2.75, 3.05) is 13.2 Å². The van der Waals surface area contributed by atoms with E-state index in [-0.39, 0.29) is 12.4 Å². The second-order valence-corrected chi connectivity index (χ2v) is 7.82. The molecule has 0 atom stereocenters. The van der Waals surface area contributed by atoms with Gasteiger partial charge in [0.25, 0.3) is 0 Å². The Balaban J connectivity index is 1.76. The normalized spacial score (nSPS) is 11.7. The molecule has 0 spiro atoms. The van der Waals surface area contributed by atoms with Crippen molar-refractivity contribution in [2.24, 2.45) is 0 Å². The zero-order chi connectivity index (χ0) is 22.5. The van der Waals surface area contributed by atoms with E-state index in [9.17, 15) is 4.79 Å². The number of hydrogen-bond acceptors (Lipinski definition) is 3. The van der Waals surface area contributed by atoms with Crippen molar-refractivity contribution in [1.29, 1.82) is 0 Å². The molecule has 3 nitrogen and oxygen atoms in total. The fraction of sp³-hybridized carbons (Fsp3) is 0.276. The highest BCUT2D eigenvalue weighted by molar-refractivity contribution is 5.89. The van der Waals surface area contributed by atoms with Crippen LogP contribution in [0.4, 0.5) is 0 Å². The number of carbonyl (C=O) groups is 1. The molecule has 0 amide bonds. The summed E-state index contributed by atoms with van der Waals surface area (Å²) in [5.74, 6) is 0.117. The SMILES string of the molecule is O=C(/C=C/CCCOC(c1ccccc1)(c1ccccc1)c1ccccc1)CCCCO. The molecule has 0 bridgehead atoms. The monoisotopic (exact) mass is 428 g/mol. The number of ether oxygens (including phenoxy) is 1. The Labute approximate surface area is 191 Å². The highest BCUT2D eigenvalue weighted by Crippen LogP contribution is 2.40. The molecule has 0 aliphatic carbocycles. The van der Waals surface area contributed by atoms with Gasteiger partial charge >= 0.3 is 0 Å². The molecule has 166 valence electrons. The highest BCUT2D eigenvalue weighted by atomic mass is 16.5. The van der Waals surface area contributed by atoms with Crippen molar-refractivity contribution in [2.45, 2.75) is 37.7 Å². The molecule has 3 rings (SSSR count). The Morgan fingerprint density at radius 3 is 1.72 bits per heavy atom. The minimum absolute atomic E-state index is 0.117. The third-order valence-corrected chi connectivity index (χ3v) is 5.51. The third-order valence-electron chi connectivity index (χ3n) is 5.51. The Morgan fingerprint density at radius 2 is 1.25 bits per heavy atom. The maximum Gasteiger partial charge on any atom is 0.155 e. The van der Waals surface area contributed by atoms with Crippen LogP contribution in [0.25, 0.3) is 0 Å². The predicted molar refractivity (Wildman–Crippen MR) is 129 cm³/mol. The summed E-state index contributed by atoms with van der Waals surface area (Å²) in [6, 6.07) is 31.0. The van der Waals surface area contributed by atoms with Crippen LogP contribution in [0.1, 0.15) is 48.8 Å². The number of carbonyl (C=O) groups excluding carboxylic acids is 1. The van der Waals surface area contributed by atoms with Gasteiger partial charge < -0.3 is 9.84 Å². The van der Waals surface area contributed by atoms with Crippen LogP contribution in [-0.4, -0.2) is 24.1 Å². The molecule has 0 saturated carbocycles. The maximum absolute atomic E-state index is 11.9. The number of allylic oxidation sites excluding steroid dienone is 2. The van der Waals surface area contributed by atoms with Crippen molar-refractivity contribution < 1.29 is 14.6 Å². The molecule has 0 saturated heterocycles. The topological polar surface area (TPSA) is 46.5 Å². The van der Waals surface area contributed by atoms with Crippen LogP contribution in [0.2, 0.25) is 0 Å². The van der Waals surface area contributed by atoms with Gasteiger partial charge in [-0.3, -0.25) is 4.79 Å². The smallest absolute Gasteiger partial charge is 0.155 e. The first kappa shape index (κ1) is 23.6. The average Bonchev–Trinajstić information content (AvgIpc) is 2.85. The van der Waals surface area contributed by atoms with E-state index in [1.165, 1.54) is 0 Å². The fourth-order valence-electron chi connectivity index (χ4n) is 3.90. The Kier molecular flexibility index (Phi) is 9.42. The Bertz CT molecular complexity index is 853. The molecule has 0 aliphatic rings. The fourth-order valence-corrected chi connectivity index (χ4v) is 3.90. The molecule has 0 aliphatic heterocycles. The molecule has 3 aromatic carbocycles. The Morgan fingerprint density at radius 1 is 0.750 bits per heavy atom. The summed E-state index contributed by atoms with van der Waals surface area (Å²) >= 11 is 0. The number of benzene rings is 3. The minimum Gasteiger partial charge on any atom is -0.396 e. The van der Waals surface area contributed by atoms with E-state index in [2.05, 4.69) is 36.4 Å². The molecule has 3 heteroatoms. The minimum atomic E-state index is -0.701. The molecule has 0 fully saturated rings. The molecule has 32 heavy (non-hydrogen) atoms. The first-order valence-electron chi connectivity index (χ1n) is 11.4. The van der Waals surface area contributed by atoms with Crippen LogP contribution in [-0.2, 0) is 15.1 Å². The summed E-state index contributed by atoms with van der Waals surface area (Å²) in [5.41, 5.74) is 2.57. The predicted octanol–water partition coefficient (Wildman–Crippen LogP) is 6.06. The van der Waals surface area contributed by atoms with Crippen molar-refractivity contribution in [3.05, 3.63) is 120 Å². The summed E-state index contributed by atoms with van der Waals surface area (Å²) < 4.78 is 6.73. The van der Waals surface area contributed by atoms with Crippen molar-refractivity contribution in [1.82, 2.24) is 0 Å². The highest BCUT2D eigenvalue weighted by Gasteiger charge is 2.37. The number of ketones is 1. The van der Waals surface area contributed by atoms with Crippen molar-refractivity contribution >= 4 is 5.78 Å². The lowest BCUT2D eigenvalue weighted by molar-refractivity contribution is -0.114. The number of hydrogen-bond donors (Lipinski definition) is 1. The standard InChI is InChI=1S/C29H32O3/c30-23-13-12-22-28(31)21-11-4-14-24-32-29(25-15-5-1-6-16-25,26-17-7-2-8-18-26)27-19-9-3-10-20-27/h1-3,5-11,15-21,30H,4,12-14,22-24H2/b21-11+. The van der Waals surface area contributed by atoms with Gasteiger partial charge in [-0.2, -0.15) is 0 Å². The summed E-state index contributed by atoms with van der Waals surface area (Å²) in [6.45, 7) is 0.696. The zero-order valence-electron chi connectivity index (χ0n) is 18.5. The number of aliphatic hydroxyl groups is 1. The van der Waals surface area contributed by atoms with Crippen LogP contribution in [0.5, 0.6) is 0 Å². The van der Waals surface area contributed by atoms with E-state index in [0.717, 1.165) is 36.0 Å². The van der Waals surface area contributed by atoms with E-state index >= 15 is 0 Å². The van der Waals surface area contributed by atoms with E-state index in [0.29, 0.717) is 19.4 Å². The lowest BCUT2D eigenvalue weighted by Crippen LogP contribution is -2.33. The molecule has 0 aromatic heterocycles. The maximum atomic E-state index is 11.9. The Hall–Kier alpha value is -3.01. The van der Waals surface area contributed by atoms with Gasteiger partial charge in [-0.1, -0.05) is 97.1 Å². The quantitative estimate of drug-likeness (QED) is 0.204. The van der Waals surface area contributed by atoms with Gasteiger partial charge in [0.1, 0.15) is 5.60 Å². The average molecular weight is 429 g/mol. The van der Waals surface area contributed by atoms with Gasteiger partial charge in [0.2, 0.25) is 0 Å². The molecule has 3 aromatic rings. The first-order valence-corrected chi connectivity index (χ1v) is 11.4.